The Kier molecular flexibility index (Phi) is 3.57. The number of nitrogens with zero attached hydrogens (tertiary/aromatic N) is 1. The predicted octanol–water partition coefficient (Wildman–Crippen LogP) is 0.534. The summed E-state index contributed by atoms with van der Waals surface area (Å²) in [5.41, 5.74) is -0.490. The van der Waals surface area contributed by atoms with E-state index in [4.69, 9.17) is 4.74 Å². The van der Waals surface area contributed by atoms with Crippen molar-refractivity contribution in [2.45, 2.75) is 45.6 Å². The number of hydrogen-bond donors (Lipinski definition) is 2. The van der Waals surface area contributed by atoms with Crippen molar-refractivity contribution in [1.82, 2.24) is 10.2 Å². The van der Waals surface area contributed by atoms with Crippen molar-refractivity contribution in [3.05, 3.63) is 0 Å². The molecule has 1 heterocycles. The highest BCUT2D eigenvalue weighted by Gasteiger charge is 2.29. The summed E-state index contributed by atoms with van der Waals surface area (Å²) >= 11 is 0. The molecule has 0 unspecified atom stereocenters. The van der Waals surface area contributed by atoms with Gasteiger partial charge in [0, 0.05) is 12.6 Å². The molecule has 1 fully saturated rings. The summed E-state index contributed by atoms with van der Waals surface area (Å²) in [7, 11) is 0. The first-order valence-electron chi connectivity index (χ1n) is 5.20. The van der Waals surface area contributed by atoms with Crippen LogP contribution in [0.15, 0.2) is 0 Å². The molecule has 0 saturated carbocycles. The Bertz CT molecular complexity index is 227. The summed E-state index contributed by atoms with van der Waals surface area (Å²) in [4.78, 5) is 13.2. The number of aliphatic hydroxyl groups is 1. The number of carbonyl (C=O) groups excluding carboxylic acids is 1. The molecule has 2 atom stereocenters. The maximum Gasteiger partial charge on any atom is 0.410 e. The van der Waals surface area contributed by atoms with Crippen LogP contribution >= 0.6 is 0 Å². The van der Waals surface area contributed by atoms with E-state index in [9.17, 15) is 9.90 Å². The minimum absolute atomic E-state index is 0.0845. The number of β-amino-alcohol motifs (C(OH)–C–C–N with tert-alkyl or cyclic N) is 1. The molecule has 88 valence electrons. The molecule has 5 heteroatoms. The largest absolute Gasteiger partial charge is 0.444 e. The molecule has 2 N–H and O–H groups in total. The Balaban J connectivity index is 2.52. The van der Waals surface area contributed by atoms with Crippen LogP contribution in [0.5, 0.6) is 0 Å². The molecule has 0 radical (unpaired) electrons. The van der Waals surface area contributed by atoms with Gasteiger partial charge in [-0.3, -0.25) is 5.32 Å². The van der Waals surface area contributed by atoms with Gasteiger partial charge in [-0.05, 0) is 27.7 Å². The van der Waals surface area contributed by atoms with Gasteiger partial charge in [0.15, 0.2) is 0 Å². The molecule has 0 spiro atoms. The molecule has 1 aliphatic rings. The van der Waals surface area contributed by atoms with E-state index in [0.29, 0.717) is 6.54 Å². The molecule has 1 aliphatic heterocycles. The van der Waals surface area contributed by atoms with Gasteiger partial charge < -0.3 is 14.7 Å². The number of rotatable bonds is 0. The highest BCUT2D eigenvalue weighted by atomic mass is 16.6. The van der Waals surface area contributed by atoms with Crippen LogP contribution in [0.1, 0.15) is 27.7 Å². The first-order valence-corrected chi connectivity index (χ1v) is 5.20. The number of piperazine rings is 1. The van der Waals surface area contributed by atoms with Crippen LogP contribution in [0.25, 0.3) is 0 Å². The van der Waals surface area contributed by atoms with Crippen LogP contribution in [0, 0.1) is 0 Å². The average molecular weight is 216 g/mol. The number of carbonyl (C=O) groups is 1. The van der Waals surface area contributed by atoms with Crippen LogP contribution in [0.4, 0.5) is 4.79 Å². The molecular weight excluding hydrogens is 196 g/mol. The van der Waals surface area contributed by atoms with Gasteiger partial charge in [-0.2, -0.15) is 0 Å². The van der Waals surface area contributed by atoms with Gasteiger partial charge in [0.25, 0.3) is 0 Å². The first-order chi connectivity index (χ1) is 6.78. The minimum atomic E-state index is -0.665. The summed E-state index contributed by atoms with van der Waals surface area (Å²) in [6, 6.07) is 0.0845. The molecule has 1 saturated heterocycles. The highest BCUT2D eigenvalue weighted by molar-refractivity contribution is 5.68. The van der Waals surface area contributed by atoms with E-state index in [1.54, 1.807) is 0 Å². The van der Waals surface area contributed by atoms with Gasteiger partial charge in [-0.1, -0.05) is 0 Å². The summed E-state index contributed by atoms with van der Waals surface area (Å²) in [5, 5.41) is 12.4. The molecule has 0 aromatic rings. The number of amides is 1. The van der Waals surface area contributed by atoms with E-state index in [2.05, 4.69) is 5.32 Å². The fourth-order valence-electron chi connectivity index (χ4n) is 1.52. The Morgan fingerprint density at radius 2 is 2.07 bits per heavy atom. The zero-order valence-corrected chi connectivity index (χ0v) is 9.78. The molecule has 0 aromatic carbocycles. The topological polar surface area (TPSA) is 61.8 Å². The van der Waals surface area contributed by atoms with Gasteiger partial charge in [-0.15, -0.1) is 0 Å². The second kappa shape index (κ2) is 4.37. The van der Waals surface area contributed by atoms with E-state index in [1.165, 1.54) is 4.90 Å². The van der Waals surface area contributed by atoms with Gasteiger partial charge in [0.1, 0.15) is 11.8 Å². The van der Waals surface area contributed by atoms with E-state index in [0.717, 1.165) is 0 Å². The van der Waals surface area contributed by atoms with Crippen molar-refractivity contribution in [1.29, 1.82) is 0 Å². The minimum Gasteiger partial charge on any atom is -0.444 e. The van der Waals surface area contributed by atoms with Crippen LogP contribution in [0.2, 0.25) is 0 Å². The zero-order valence-electron chi connectivity index (χ0n) is 9.78. The van der Waals surface area contributed by atoms with E-state index < -0.39 is 11.8 Å². The molecule has 1 amide bonds. The summed E-state index contributed by atoms with van der Waals surface area (Å²) in [5.74, 6) is 0. The number of hydrogen-bond acceptors (Lipinski definition) is 4. The average Bonchev–Trinajstić information content (AvgIpc) is 1.98. The predicted molar refractivity (Wildman–Crippen MR) is 56.4 cm³/mol. The second-order valence-corrected chi connectivity index (χ2v) is 4.97. The number of aliphatic hydroxyl groups excluding tert-OH is 1. The van der Waals surface area contributed by atoms with E-state index in [-0.39, 0.29) is 18.7 Å². The van der Waals surface area contributed by atoms with Crippen molar-refractivity contribution < 1.29 is 14.6 Å². The lowest BCUT2D eigenvalue weighted by molar-refractivity contribution is -0.00803. The second-order valence-electron chi connectivity index (χ2n) is 4.97. The van der Waals surface area contributed by atoms with E-state index >= 15 is 0 Å². The summed E-state index contributed by atoms with van der Waals surface area (Å²) < 4.78 is 5.22. The first kappa shape index (κ1) is 12.3. The maximum absolute atomic E-state index is 11.7. The van der Waals surface area contributed by atoms with Gasteiger partial charge in [0.05, 0.1) is 6.54 Å². The smallest absolute Gasteiger partial charge is 0.410 e. The van der Waals surface area contributed by atoms with Crippen LogP contribution in [-0.2, 0) is 4.74 Å². The van der Waals surface area contributed by atoms with E-state index in [1.807, 2.05) is 27.7 Å². The van der Waals surface area contributed by atoms with Crippen molar-refractivity contribution >= 4 is 6.09 Å². The number of nitrogens with one attached hydrogen (secondary N) is 1. The summed E-state index contributed by atoms with van der Waals surface area (Å²) in [6.07, 6.45) is -1.03. The lowest BCUT2D eigenvalue weighted by Crippen LogP contribution is -2.57. The third kappa shape index (κ3) is 4.05. The van der Waals surface area contributed by atoms with Crippen molar-refractivity contribution in [2.24, 2.45) is 0 Å². The molecule has 0 aromatic heterocycles. The van der Waals surface area contributed by atoms with Crippen molar-refractivity contribution in [3.8, 4) is 0 Å². The molecular formula is C10H20N2O3. The Morgan fingerprint density at radius 3 is 2.53 bits per heavy atom. The summed E-state index contributed by atoms with van der Waals surface area (Å²) in [6.45, 7) is 8.23. The third-order valence-corrected chi connectivity index (χ3v) is 2.02. The van der Waals surface area contributed by atoms with Crippen molar-refractivity contribution in [3.63, 3.8) is 0 Å². The fourth-order valence-corrected chi connectivity index (χ4v) is 1.52. The lowest BCUT2D eigenvalue weighted by Gasteiger charge is -2.36. The Labute approximate surface area is 90.4 Å². The standard InChI is InChI=1S/C10H20N2O3/c1-7-5-12(6-8(13)11-7)9(14)15-10(2,3)4/h7-8,11,13H,5-6H2,1-4H3/t7-,8-/m0/s1. The number of ether oxygens (including phenoxy) is 1. The van der Waals surface area contributed by atoms with Gasteiger partial charge >= 0.3 is 6.09 Å². The highest BCUT2D eigenvalue weighted by Crippen LogP contribution is 2.12. The van der Waals surface area contributed by atoms with Crippen LogP contribution < -0.4 is 5.32 Å². The SMILES string of the molecule is C[C@H]1CN(C(=O)OC(C)(C)C)C[C@H](O)N1. The molecule has 0 bridgehead atoms. The molecule has 0 aliphatic carbocycles. The third-order valence-electron chi connectivity index (χ3n) is 2.02. The Morgan fingerprint density at radius 1 is 1.47 bits per heavy atom. The Hall–Kier alpha value is -0.810. The monoisotopic (exact) mass is 216 g/mol. The quantitative estimate of drug-likeness (QED) is 0.620. The fraction of sp³-hybridized carbons (Fsp3) is 0.900. The maximum atomic E-state index is 11.7. The van der Waals surface area contributed by atoms with Crippen LogP contribution in [-0.4, -0.2) is 47.1 Å². The molecule has 5 nitrogen and oxygen atoms in total. The molecule has 1 rings (SSSR count). The van der Waals surface area contributed by atoms with Crippen molar-refractivity contribution in [2.75, 3.05) is 13.1 Å². The normalized spacial score (nSPS) is 27.7. The van der Waals surface area contributed by atoms with Crippen LogP contribution in [0.3, 0.4) is 0 Å². The zero-order chi connectivity index (χ0) is 11.6. The lowest BCUT2D eigenvalue weighted by atomic mass is 10.2. The molecule has 15 heavy (non-hydrogen) atoms. The van der Waals surface area contributed by atoms with Gasteiger partial charge in [-0.25, -0.2) is 4.79 Å². The van der Waals surface area contributed by atoms with Gasteiger partial charge in [0.2, 0.25) is 0 Å².